The zero-order valence-corrected chi connectivity index (χ0v) is 6.91. The zero-order valence-electron chi connectivity index (χ0n) is 5.27. The second-order valence-electron chi connectivity index (χ2n) is 1.83. The average Bonchev–Trinajstić information content (AvgIpc) is 2.55. The van der Waals surface area contributed by atoms with Crippen LogP contribution in [0.2, 0.25) is 0 Å². The molecule has 0 aliphatic rings. The van der Waals surface area contributed by atoms with Gasteiger partial charge in [-0.1, -0.05) is 16.5 Å². The molecule has 4 nitrogen and oxygen atoms in total. The van der Waals surface area contributed by atoms with E-state index >= 15 is 0 Å². The lowest BCUT2D eigenvalue weighted by atomic mass is 10.4. The molecule has 0 unspecified atom stereocenters. The summed E-state index contributed by atoms with van der Waals surface area (Å²) in [5, 5.41) is 11.0. The molecular formula is C5H3N3OS2. The van der Waals surface area contributed by atoms with Crippen molar-refractivity contribution < 1.29 is 4.52 Å². The summed E-state index contributed by atoms with van der Waals surface area (Å²) in [6.07, 6.45) is 3.13. The van der Waals surface area contributed by atoms with Gasteiger partial charge in [-0.15, -0.1) is 0 Å². The Morgan fingerprint density at radius 2 is 2.55 bits per heavy atom. The van der Waals surface area contributed by atoms with E-state index in [1.807, 2.05) is 0 Å². The molecule has 0 aliphatic heterocycles. The average molecular weight is 185 g/mol. The highest BCUT2D eigenvalue weighted by Crippen LogP contribution is 2.19. The quantitative estimate of drug-likeness (QED) is 0.689. The predicted octanol–water partition coefficient (Wildman–Crippen LogP) is 1.86. The summed E-state index contributed by atoms with van der Waals surface area (Å²) in [7, 11) is 0. The Labute approximate surface area is 70.9 Å². The second-order valence-corrected chi connectivity index (χ2v) is 3.50. The molecule has 11 heavy (non-hydrogen) atoms. The van der Waals surface area contributed by atoms with Crippen molar-refractivity contribution in [1.29, 1.82) is 0 Å². The van der Waals surface area contributed by atoms with Crippen LogP contribution in [0.3, 0.4) is 0 Å². The summed E-state index contributed by atoms with van der Waals surface area (Å²) >= 11 is 6.25. The van der Waals surface area contributed by atoms with Crippen LogP contribution >= 0.6 is 23.6 Å². The van der Waals surface area contributed by atoms with Crippen molar-refractivity contribution in [2.45, 2.75) is 0 Å². The summed E-state index contributed by atoms with van der Waals surface area (Å²) < 4.78 is 5.30. The standard InChI is InChI=1S/C5H3N3OS2/c10-5-8-7-4(11-5)3-1-6-9-2-3/h1-2H,(H,8,10). The van der Waals surface area contributed by atoms with Gasteiger partial charge in [-0.25, -0.2) is 0 Å². The maximum absolute atomic E-state index is 4.86. The number of nitrogens with one attached hydrogen (secondary N) is 1. The number of aromatic nitrogens is 3. The van der Waals surface area contributed by atoms with Crippen LogP contribution in [0.15, 0.2) is 17.0 Å². The van der Waals surface area contributed by atoms with Crippen molar-refractivity contribution >= 4 is 23.6 Å². The zero-order chi connectivity index (χ0) is 7.68. The van der Waals surface area contributed by atoms with Gasteiger partial charge in [0.15, 0.2) is 8.96 Å². The van der Waals surface area contributed by atoms with Crippen LogP contribution in [-0.4, -0.2) is 15.4 Å². The topological polar surface area (TPSA) is 54.7 Å². The van der Waals surface area contributed by atoms with Crippen LogP contribution < -0.4 is 0 Å². The number of H-pyrrole nitrogens is 1. The monoisotopic (exact) mass is 185 g/mol. The second kappa shape index (κ2) is 2.55. The first-order chi connectivity index (χ1) is 5.36. The summed E-state index contributed by atoms with van der Waals surface area (Å²) in [6, 6.07) is 0. The Balaban J connectivity index is 2.53. The molecule has 0 aliphatic carbocycles. The Kier molecular flexibility index (Phi) is 1.55. The molecule has 6 heteroatoms. The smallest absolute Gasteiger partial charge is 0.176 e. The van der Waals surface area contributed by atoms with E-state index in [0.717, 1.165) is 10.6 Å². The van der Waals surface area contributed by atoms with Crippen molar-refractivity contribution in [3.8, 4) is 10.6 Å². The van der Waals surface area contributed by atoms with Gasteiger partial charge in [0.2, 0.25) is 0 Å². The van der Waals surface area contributed by atoms with E-state index in [-0.39, 0.29) is 0 Å². The van der Waals surface area contributed by atoms with E-state index in [1.54, 1.807) is 6.20 Å². The maximum atomic E-state index is 4.86. The molecule has 0 saturated heterocycles. The van der Waals surface area contributed by atoms with Crippen LogP contribution in [0.4, 0.5) is 0 Å². The lowest BCUT2D eigenvalue weighted by molar-refractivity contribution is 0.420. The van der Waals surface area contributed by atoms with E-state index in [4.69, 9.17) is 12.2 Å². The minimum absolute atomic E-state index is 0.654. The molecule has 0 spiro atoms. The summed E-state index contributed by atoms with van der Waals surface area (Å²) in [4.78, 5) is 0. The van der Waals surface area contributed by atoms with Crippen molar-refractivity contribution in [3.05, 3.63) is 16.4 Å². The first-order valence-corrected chi connectivity index (χ1v) is 4.04. The Bertz CT molecular complexity index is 388. The van der Waals surface area contributed by atoms with E-state index in [2.05, 4.69) is 19.9 Å². The molecule has 1 N–H and O–H groups in total. The molecular weight excluding hydrogens is 182 g/mol. The van der Waals surface area contributed by atoms with E-state index < -0.39 is 0 Å². The number of aromatic amines is 1. The SMILES string of the molecule is S=c1[nH]nc(-c2cnoc2)s1. The molecule has 2 heterocycles. The van der Waals surface area contributed by atoms with Gasteiger partial charge in [-0.2, -0.15) is 5.10 Å². The molecule has 0 aromatic carbocycles. The fraction of sp³-hybridized carbons (Fsp3) is 0. The van der Waals surface area contributed by atoms with Gasteiger partial charge in [0, 0.05) is 0 Å². The highest BCUT2D eigenvalue weighted by molar-refractivity contribution is 7.73. The van der Waals surface area contributed by atoms with E-state index in [9.17, 15) is 0 Å². The Morgan fingerprint density at radius 1 is 1.64 bits per heavy atom. The largest absolute Gasteiger partial charge is 0.364 e. The third-order valence-corrected chi connectivity index (χ3v) is 2.26. The van der Waals surface area contributed by atoms with Crippen molar-refractivity contribution in [1.82, 2.24) is 15.4 Å². The lowest BCUT2D eigenvalue weighted by Crippen LogP contribution is -1.70. The molecule has 2 aromatic rings. The molecule has 0 atom stereocenters. The Morgan fingerprint density at radius 3 is 3.09 bits per heavy atom. The van der Waals surface area contributed by atoms with Crippen LogP contribution in [0.25, 0.3) is 10.6 Å². The normalized spacial score (nSPS) is 10.2. The number of nitrogens with zero attached hydrogens (tertiary/aromatic N) is 2. The van der Waals surface area contributed by atoms with E-state index in [1.165, 1.54) is 17.6 Å². The third kappa shape index (κ3) is 1.22. The van der Waals surface area contributed by atoms with Gasteiger partial charge in [0.1, 0.15) is 6.26 Å². The number of hydrogen-bond donors (Lipinski definition) is 1. The van der Waals surface area contributed by atoms with Crippen LogP contribution in [0.1, 0.15) is 0 Å². The molecule has 2 rings (SSSR count). The first kappa shape index (κ1) is 6.68. The molecule has 0 fully saturated rings. The minimum Gasteiger partial charge on any atom is -0.364 e. The number of hydrogen-bond acceptors (Lipinski definition) is 5. The molecule has 0 saturated carbocycles. The molecule has 0 radical (unpaired) electrons. The van der Waals surface area contributed by atoms with Crippen LogP contribution in [0.5, 0.6) is 0 Å². The van der Waals surface area contributed by atoms with Gasteiger partial charge in [0.25, 0.3) is 0 Å². The van der Waals surface area contributed by atoms with Gasteiger partial charge in [-0.3, -0.25) is 5.10 Å². The van der Waals surface area contributed by atoms with E-state index in [0.29, 0.717) is 3.95 Å². The van der Waals surface area contributed by atoms with Gasteiger partial charge < -0.3 is 4.52 Å². The predicted molar refractivity (Wildman–Crippen MR) is 42.8 cm³/mol. The summed E-state index contributed by atoms with van der Waals surface area (Å²) in [5.41, 5.74) is 0.849. The van der Waals surface area contributed by atoms with Crippen molar-refractivity contribution in [2.24, 2.45) is 0 Å². The lowest BCUT2D eigenvalue weighted by Gasteiger charge is -1.78. The molecule has 2 aromatic heterocycles. The van der Waals surface area contributed by atoms with Gasteiger partial charge in [0.05, 0.1) is 11.8 Å². The molecule has 0 amide bonds. The number of rotatable bonds is 1. The summed E-state index contributed by atoms with van der Waals surface area (Å²) in [6.45, 7) is 0. The van der Waals surface area contributed by atoms with Crippen LogP contribution in [-0.2, 0) is 0 Å². The van der Waals surface area contributed by atoms with Gasteiger partial charge in [-0.05, 0) is 12.2 Å². The maximum Gasteiger partial charge on any atom is 0.176 e. The Hall–Kier alpha value is -1.01. The fourth-order valence-electron chi connectivity index (χ4n) is 0.664. The van der Waals surface area contributed by atoms with Crippen molar-refractivity contribution in [3.63, 3.8) is 0 Å². The van der Waals surface area contributed by atoms with Gasteiger partial charge >= 0.3 is 0 Å². The molecule has 0 bridgehead atoms. The molecule has 56 valence electrons. The highest BCUT2D eigenvalue weighted by atomic mass is 32.1. The van der Waals surface area contributed by atoms with Crippen molar-refractivity contribution in [2.75, 3.05) is 0 Å². The highest BCUT2D eigenvalue weighted by Gasteiger charge is 2.02. The summed E-state index contributed by atoms with van der Waals surface area (Å²) in [5.74, 6) is 0. The minimum atomic E-state index is 0.654. The van der Waals surface area contributed by atoms with Crippen LogP contribution in [0, 0.1) is 3.95 Å². The first-order valence-electron chi connectivity index (χ1n) is 2.81. The fourth-order valence-corrected chi connectivity index (χ4v) is 1.52. The third-order valence-electron chi connectivity index (χ3n) is 1.12.